The van der Waals surface area contributed by atoms with Gasteiger partial charge in [0.15, 0.2) is 5.96 Å². The Kier molecular flexibility index (Phi) is 14.3. The molecule has 7 heteroatoms. The molecule has 1 saturated heterocycles. The Labute approximate surface area is 200 Å². The number of methoxy groups -OCH3 is 1. The molecule has 172 valence electrons. The van der Waals surface area contributed by atoms with Crippen molar-refractivity contribution < 1.29 is 4.74 Å². The van der Waals surface area contributed by atoms with Gasteiger partial charge in [-0.05, 0) is 57.8 Å². The Morgan fingerprint density at radius 3 is 2.57 bits per heavy atom. The average molecular weight is 532 g/mol. The third-order valence-corrected chi connectivity index (χ3v) is 5.98. The summed E-state index contributed by atoms with van der Waals surface area (Å²) in [5.41, 5.74) is 1.36. The van der Waals surface area contributed by atoms with Crippen molar-refractivity contribution in [2.45, 2.75) is 38.8 Å². The lowest BCUT2D eigenvalue weighted by molar-refractivity contribution is 0.121. The topological polar surface area (TPSA) is 52.1 Å². The van der Waals surface area contributed by atoms with Crippen LogP contribution in [0.2, 0.25) is 0 Å². The van der Waals surface area contributed by atoms with Crippen molar-refractivity contribution in [1.29, 1.82) is 0 Å². The van der Waals surface area contributed by atoms with Gasteiger partial charge in [0.2, 0.25) is 0 Å². The Morgan fingerprint density at radius 1 is 1.23 bits per heavy atom. The van der Waals surface area contributed by atoms with Crippen molar-refractivity contribution in [3.63, 3.8) is 0 Å². The summed E-state index contributed by atoms with van der Waals surface area (Å²) in [6.07, 6.45) is 3.58. The molecule has 1 heterocycles. The van der Waals surface area contributed by atoms with Crippen LogP contribution in [0.5, 0.6) is 0 Å². The van der Waals surface area contributed by atoms with E-state index in [4.69, 9.17) is 4.74 Å². The van der Waals surface area contributed by atoms with Gasteiger partial charge in [-0.2, -0.15) is 0 Å². The molecular formula is C23H42IN5O. The Bertz CT molecular complexity index is 578. The first-order chi connectivity index (χ1) is 14.1. The predicted octanol–water partition coefficient (Wildman–Crippen LogP) is 3.04. The second-order valence-electron chi connectivity index (χ2n) is 8.20. The van der Waals surface area contributed by atoms with E-state index in [9.17, 15) is 0 Å². The third kappa shape index (κ3) is 10.4. The molecule has 0 radical (unpaired) electrons. The van der Waals surface area contributed by atoms with E-state index in [1.165, 1.54) is 31.5 Å². The minimum Gasteiger partial charge on any atom is -0.383 e. The largest absolute Gasteiger partial charge is 0.383 e. The van der Waals surface area contributed by atoms with Crippen molar-refractivity contribution in [1.82, 2.24) is 20.4 Å². The molecule has 30 heavy (non-hydrogen) atoms. The van der Waals surface area contributed by atoms with Gasteiger partial charge in [-0.15, -0.1) is 24.0 Å². The van der Waals surface area contributed by atoms with Crippen LogP contribution in [0.1, 0.15) is 31.7 Å². The summed E-state index contributed by atoms with van der Waals surface area (Å²) >= 11 is 0. The lowest BCUT2D eigenvalue weighted by atomic mass is 9.97. The summed E-state index contributed by atoms with van der Waals surface area (Å²) in [7, 11) is 5.83. The van der Waals surface area contributed by atoms with Crippen LogP contribution in [-0.2, 0) is 11.3 Å². The normalized spacial score (nSPS) is 16.9. The number of nitrogens with one attached hydrogen (secondary N) is 2. The first-order valence-corrected chi connectivity index (χ1v) is 11.0. The van der Waals surface area contributed by atoms with Gasteiger partial charge in [0.1, 0.15) is 0 Å². The number of halogens is 1. The van der Waals surface area contributed by atoms with Crippen molar-refractivity contribution in [2.24, 2.45) is 10.9 Å². The first-order valence-electron chi connectivity index (χ1n) is 11.0. The van der Waals surface area contributed by atoms with E-state index in [1.807, 2.05) is 7.05 Å². The van der Waals surface area contributed by atoms with Gasteiger partial charge in [-0.1, -0.05) is 30.3 Å². The molecule has 0 bridgehead atoms. The highest BCUT2D eigenvalue weighted by Crippen LogP contribution is 2.16. The van der Waals surface area contributed by atoms with Crippen molar-refractivity contribution in [3.05, 3.63) is 35.9 Å². The molecule has 0 aliphatic carbocycles. The molecule has 0 spiro atoms. The molecule has 1 aromatic carbocycles. The van der Waals surface area contributed by atoms with E-state index < -0.39 is 0 Å². The van der Waals surface area contributed by atoms with Crippen molar-refractivity contribution in [2.75, 3.05) is 60.5 Å². The maximum absolute atomic E-state index is 5.18. The van der Waals surface area contributed by atoms with Crippen LogP contribution in [0.25, 0.3) is 0 Å². The highest BCUT2D eigenvalue weighted by Gasteiger charge is 2.19. The van der Waals surface area contributed by atoms with Crippen molar-refractivity contribution in [3.8, 4) is 0 Å². The fourth-order valence-electron chi connectivity index (χ4n) is 3.74. The van der Waals surface area contributed by atoms with E-state index in [2.05, 4.69) is 69.7 Å². The fourth-order valence-corrected chi connectivity index (χ4v) is 3.74. The number of rotatable bonds is 11. The van der Waals surface area contributed by atoms with Crippen LogP contribution in [0.3, 0.4) is 0 Å². The maximum atomic E-state index is 5.18. The SMILES string of the molecule is CN=C(NCCC(C)N(C)Cc1ccccc1)NCC1CCN(CCOC)CC1.I. The smallest absolute Gasteiger partial charge is 0.190 e. The first kappa shape index (κ1) is 27.1. The van der Waals surface area contributed by atoms with E-state index >= 15 is 0 Å². The van der Waals surface area contributed by atoms with Gasteiger partial charge in [-0.25, -0.2) is 0 Å². The van der Waals surface area contributed by atoms with Crippen LogP contribution in [-0.4, -0.2) is 82.3 Å². The van der Waals surface area contributed by atoms with E-state index in [0.29, 0.717) is 6.04 Å². The number of ether oxygens (including phenoxy) is 1. The zero-order valence-corrected chi connectivity index (χ0v) is 21.6. The number of hydrogen-bond acceptors (Lipinski definition) is 4. The Hall–Kier alpha value is -0.900. The minimum absolute atomic E-state index is 0. The van der Waals surface area contributed by atoms with E-state index in [0.717, 1.165) is 51.1 Å². The molecule has 1 aliphatic heterocycles. The summed E-state index contributed by atoms with van der Waals surface area (Å²) in [6.45, 7) is 9.43. The molecule has 0 aromatic heterocycles. The average Bonchev–Trinajstić information content (AvgIpc) is 2.75. The molecule has 0 saturated carbocycles. The van der Waals surface area contributed by atoms with Gasteiger partial charge in [0.25, 0.3) is 0 Å². The fraction of sp³-hybridized carbons (Fsp3) is 0.696. The number of guanidine groups is 1. The number of likely N-dealkylation sites (tertiary alicyclic amines) is 1. The zero-order valence-electron chi connectivity index (χ0n) is 19.3. The standard InChI is InChI=1S/C23H41N5O.HI/c1-20(27(3)19-22-8-6-5-7-9-22)10-13-25-23(24-2)26-18-21-11-14-28(15-12-21)16-17-29-4;/h5-9,20-21H,10-19H2,1-4H3,(H2,24,25,26);1H. The zero-order chi connectivity index (χ0) is 20.9. The molecule has 6 nitrogen and oxygen atoms in total. The van der Waals surface area contributed by atoms with Gasteiger partial charge >= 0.3 is 0 Å². The van der Waals surface area contributed by atoms with Crippen LogP contribution in [0, 0.1) is 5.92 Å². The second-order valence-corrected chi connectivity index (χ2v) is 8.20. The second kappa shape index (κ2) is 15.8. The molecular weight excluding hydrogens is 489 g/mol. The summed E-state index contributed by atoms with van der Waals surface area (Å²) in [6, 6.07) is 11.2. The number of aliphatic imine (C=N–C) groups is 1. The number of nitrogens with zero attached hydrogens (tertiary/aromatic N) is 3. The van der Waals surface area contributed by atoms with E-state index in [1.54, 1.807) is 7.11 Å². The van der Waals surface area contributed by atoms with Gasteiger partial charge in [0, 0.05) is 46.4 Å². The monoisotopic (exact) mass is 531 g/mol. The molecule has 1 aromatic rings. The number of piperidine rings is 1. The summed E-state index contributed by atoms with van der Waals surface area (Å²) in [5, 5.41) is 7.00. The van der Waals surface area contributed by atoms with E-state index in [-0.39, 0.29) is 24.0 Å². The van der Waals surface area contributed by atoms with Crippen LogP contribution in [0.15, 0.2) is 35.3 Å². The predicted molar refractivity (Wildman–Crippen MR) is 138 cm³/mol. The quantitative estimate of drug-likeness (QED) is 0.261. The van der Waals surface area contributed by atoms with Crippen LogP contribution >= 0.6 is 24.0 Å². The van der Waals surface area contributed by atoms with Gasteiger partial charge in [-0.3, -0.25) is 9.89 Å². The molecule has 2 rings (SSSR count). The Morgan fingerprint density at radius 2 is 1.93 bits per heavy atom. The Balaban J connectivity index is 0.00000450. The summed E-state index contributed by atoms with van der Waals surface area (Å²) < 4.78 is 5.18. The molecule has 1 atom stereocenters. The summed E-state index contributed by atoms with van der Waals surface area (Å²) in [4.78, 5) is 9.30. The van der Waals surface area contributed by atoms with Crippen molar-refractivity contribution >= 4 is 29.9 Å². The summed E-state index contributed by atoms with van der Waals surface area (Å²) in [5.74, 6) is 1.65. The highest BCUT2D eigenvalue weighted by atomic mass is 127. The molecule has 0 amide bonds. The maximum Gasteiger partial charge on any atom is 0.190 e. The minimum atomic E-state index is 0. The molecule has 2 N–H and O–H groups in total. The highest BCUT2D eigenvalue weighted by molar-refractivity contribution is 14.0. The van der Waals surface area contributed by atoms with Gasteiger partial charge in [0.05, 0.1) is 6.61 Å². The number of benzene rings is 1. The van der Waals surface area contributed by atoms with Crippen LogP contribution in [0.4, 0.5) is 0 Å². The molecule has 1 fully saturated rings. The third-order valence-electron chi connectivity index (χ3n) is 5.98. The lowest BCUT2D eigenvalue weighted by Gasteiger charge is -2.32. The van der Waals surface area contributed by atoms with Gasteiger partial charge < -0.3 is 20.3 Å². The van der Waals surface area contributed by atoms with Crippen LogP contribution < -0.4 is 10.6 Å². The molecule has 1 unspecified atom stereocenters. The molecule has 1 aliphatic rings. The number of hydrogen-bond donors (Lipinski definition) is 2. The lowest BCUT2D eigenvalue weighted by Crippen LogP contribution is -2.44.